The molecule has 8 heterocycles. The van der Waals surface area contributed by atoms with E-state index in [-0.39, 0.29) is 6.09 Å². The van der Waals surface area contributed by atoms with Gasteiger partial charge in [0.25, 0.3) is 0 Å². The number of aromatic nitrogens is 6. The van der Waals surface area contributed by atoms with E-state index in [0.29, 0.717) is 68.7 Å². The van der Waals surface area contributed by atoms with E-state index in [2.05, 4.69) is 35.3 Å². The number of thiophene rings is 2. The van der Waals surface area contributed by atoms with Gasteiger partial charge in [-0.1, -0.05) is 47.5 Å². The molecule has 0 radical (unpaired) electrons. The van der Waals surface area contributed by atoms with Crippen molar-refractivity contribution in [2.24, 2.45) is 0 Å². The summed E-state index contributed by atoms with van der Waals surface area (Å²) < 4.78 is 89.0. The highest BCUT2D eigenvalue weighted by Crippen LogP contribution is 2.41. The third kappa shape index (κ3) is 12.0. The Morgan fingerprint density at radius 1 is 0.575 bits per heavy atom. The summed E-state index contributed by atoms with van der Waals surface area (Å²) in [6.07, 6.45) is -5.93. The van der Waals surface area contributed by atoms with E-state index in [1.165, 1.54) is 32.0 Å². The minimum Gasteiger partial charge on any atom is -0.444 e. The number of hydrogen-bond donors (Lipinski definition) is 1. The summed E-state index contributed by atoms with van der Waals surface area (Å²) >= 11 is 15.3. The summed E-state index contributed by atoms with van der Waals surface area (Å²) in [7, 11) is 0. The largest absolute Gasteiger partial charge is 0.444 e. The van der Waals surface area contributed by atoms with E-state index in [4.69, 9.17) is 27.9 Å². The maximum atomic E-state index is 13.6. The van der Waals surface area contributed by atoms with Crippen molar-refractivity contribution >= 4 is 63.6 Å². The molecular formula is C51H46Cl2F6N10O2S2. The first-order valence-corrected chi connectivity index (χ1v) is 25.3. The number of ether oxygens (including phenoxy) is 1. The zero-order chi connectivity index (χ0) is 51.7. The average Bonchev–Trinajstić information content (AvgIpc) is 4.21. The van der Waals surface area contributed by atoms with Gasteiger partial charge < -0.3 is 24.8 Å². The summed E-state index contributed by atoms with van der Waals surface area (Å²) in [5.41, 5.74) is 0.634. The summed E-state index contributed by atoms with van der Waals surface area (Å²) in [5, 5.41) is 11.6. The molecule has 2 aliphatic heterocycles. The Labute approximate surface area is 434 Å². The Balaban J connectivity index is 0.000000183. The maximum Gasteiger partial charge on any atom is 0.435 e. The fourth-order valence-electron chi connectivity index (χ4n) is 8.04. The molecule has 2 fully saturated rings. The molecule has 1 amide bonds. The third-order valence-electron chi connectivity index (χ3n) is 11.6. The van der Waals surface area contributed by atoms with Crippen LogP contribution in [0.3, 0.4) is 0 Å². The van der Waals surface area contributed by atoms with Gasteiger partial charge in [0.15, 0.2) is 11.4 Å². The quantitative estimate of drug-likeness (QED) is 0.149. The van der Waals surface area contributed by atoms with Gasteiger partial charge in [-0.05, 0) is 106 Å². The second kappa shape index (κ2) is 21.2. The van der Waals surface area contributed by atoms with Crippen molar-refractivity contribution in [3.63, 3.8) is 0 Å². The molecule has 0 bridgehead atoms. The van der Waals surface area contributed by atoms with Gasteiger partial charge in [0.2, 0.25) is 0 Å². The van der Waals surface area contributed by atoms with Gasteiger partial charge in [-0.2, -0.15) is 36.5 Å². The second-order valence-corrected chi connectivity index (χ2v) is 20.9. The van der Waals surface area contributed by atoms with Crippen LogP contribution >= 0.6 is 45.9 Å². The molecule has 0 atom stereocenters. The molecule has 380 valence electrons. The van der Waals surface area contributed by atoms with Crippen LogP contribution in [0.4, 0.5) is 42.8 Å². The van der Waals surface area contributed by atoms with Gasteiger partial charge in [0.05, 0.1) is 42.6 Å². The Morgan fingerprint density at radius 2 is 1.00 bits per heavy atom. The maximum absolute atomic E-state index is 13.6. The molecule has 10 rings (SSSR count). The molecule has 2 saturated heterocycles. The van der Waals surface area contributed by atoms with Gasteiger partial charge >= 0.3 is 18.4 Å². The molecule has 73 heavy (non-hydrogen) atoms. The number of para-hydroxylation sites is 2. The van der Waals surface area contributed by atoms with Gasteiger partial charge in [-0.15, -0.1) is 22.7 Å². The number of hydrogen-bond acceptors (Lipinski definition) is 11. The van der Waals surface area contributed by atoms with Gasteiger partial charge in [0.1, 0.15) is 17.2 Å². The lowest BCUT2D eigenvalue weighted by atomic mass is 10.2. The summed E-state index contributed by atoms with van der Waals surface area (Å²) in [4.78, 5) is 30.6. The van der Waals surface area contributed by atoms with E-state index in [9.17, 15) is 31.1 Å². The van der Waals surface area contributed by atoms with Gasteiger partial charge in [-0.25, -0.2) is 24.1 Å². The zero-order valence-electron chi connectivity index (χ0n) is 39.4. The minimum atomic E-state index is -4.60. The zero-order valence-corrected chi connectivity index (χ0v) is 42.5. The highest BCUT2D eigenvalue weighted by atomic mass is 35.5. The number of halogens is 8. The molecular weight excluding hydrogens is 1030 g/mol. The number of alkyl halides is 6. The summed E-state index contributed by atoms with van der Waals surface area (Å²) in [5.74, 6) is 1.71. The van der Waals surface area contributed by atoms with Crippen LogP contribution in [0.15, 0.2) is 122 Å². The SMILES string of the molecule is CC(C)(C)OC(=O)N1CCN(c2ccc(-c3ccc(-c4cc(C(F)(F)F)nn4-c4ccccc4Cl)s3)cn2)CC1.FC(F)(F)c1cc(-c2ccc(-c3ccc(N4CCNCC4)nc3)s2)n(-c2ccccc2Cl)n1. The van der Waals surface area contributed by atoms with Crippen molar-refractivity contribution in [2.45, 2.75) is 38.7 Å². The number of pyridine rings is 2. The predicted molar refractivity (Wildman–Crippen MR) is 275 cm³/mol. The Kier molecular flexibility index (Phi) is 14.9. The highest BCUT2D eigenvalue weighted by Gasteiger charge is 2.37. The highest BCUT2D eigenvalue weighted by molar-refractivity contribution is 7.19. The van der Waals surface area contributed by atoms with Crippen molar-refractivity contribution in [2.75, 3.05) is 62.2 Å². The third-order valence-corrected chi connectivity index (χ3v) is 14.6. The molecule has 0 unspecified atom stereocenters. The van der Waals surface area contributed by atoms with Crippen LogP contribution < -0.4 is 15.1 Å². The van der Waals surface area contributed by atoms with Crippen molar-refractivity contribution in [1.29, 1.82) is 0 Å². The van der Waals surface area contributed by atoms with E-state index >= 15 is 0 Å². The molecule has 2 aliphatic rings. The Hall–Kier alpha value is -6.45. The molecule has 6 aromatic heterocycles. The second-order valence-electron chi connectivity index (χ2n) is 17.9. The first kappa shape index (κ1) is 51.5. The number of nitrogens with one attached hydrogen (secondary N) is 1. The molecule has 2 aromatic carbocycles. The molecule has 12 nitrogen and oxygen atoms in total. The molecule has 8 aromatic rings. The number of anilines is 2. The van der Waals surface area contributed by atoms with Crippen molar-refractivity contribution in [3.05, 3.63) is 143 Å². The first-order chi connectivity index (χ1) is 34.8. The van der Waals surface area contributed by atoms with Crippen molar-refractivity contribution in [3.8, 4) is 53.4 Å². The Bertz CT molecular complexity index is 3190. The van der Waals surface area contributed by atoms with Crippen LogP contribution in [0.1, 0.15) is 32.2 Å². The van der Waals surface area contributed by atoms with E-state index in [1.807, 2.05) is 57.2 Å². The lowest BCUT2D eigenvalue weighted by molar-refractivity contribution is -0.142. The van der Waals surface area contributed by atoms with Crippen LogP contribution in [-0.4, -0.2) is 98.5 Å². The van der Waals surface area contributed by atoms with Crippen LogP contribution in [0.2, 0.25) is 10.0 Å². The van der Waals surface area contributed by atoms with Crippen LogP contribution in [0, 0.1) is 0 Å². The minimum absolute atomic E-state index is 0.295. The molecule has 1 N–H and O–H groups in total. The normalized spacial score (nSPS) is 14.5. The van der Waals surface area contributed by atoms with E-state index < -0.39 is 29.3 Å². The van der Waals surface area contributed by atoms with Gasteiger partial charge in [-0.3, -0.25) is 0 Å². The number of carbonyl (C=O) groups is 1. The van der Waals surface area contributed by atoms with Crippen LogP contribution in [0.25, 0.3) is 53.4 Å². The topological polar surface area (TPSA) is 109 Å². The summed E-state index contributed by atoms with van der Waals surface area (Å²) in [6, 6.07) is 30.6. The number of benzene rings is 2. The monoisotopic (exact) mass is 1080 g/mol. The lowest BCUT2D eigenvalue weighted by Crippen LogP contribution is -2.50. The average molecular weight is 1080 g/mol. The van der Waals surface area contributed by atoms with Crippen LogP contribution in [0.5, 0.6) is 0 Å². The van der Waals surface area contributed by atoms with Crippen LogP contribution in [-0.2, 0) is 17.1 Å². The molecule has 0 aliphatic carbocycles. The lowest BCUT2D eigenvalue weighted by Gasteiger charge is -2.36. The summed E-state index contributed by atoms with van der Waals surface area (Å²) in [6.45, 7) is 11.5. The molecule has 22 heteroatoms. The fraction of sp³-hybridized carbons (Fsp3) is 0.275. The number of carbonyl (C=O) groups excluding carboxylic acids is 1. The number of rotatable bonds is 8. The predicted octanol–water partition coefficient (Wildman–Crippen LogP) is 13.1. The molecule has 0 saturated carbocycles. The number of nitrogens with zero attached hydrogens (tertiary/aromatic N) is 9. The standard InChI is InChI=1S/C28H27ClF3N5O2S.C23H19ClF3N5S/c1-27(2,3)39-26(38)36-14-12-35(13-15-36)25-11-8-18(17-33-25)22-9-10-23(40-22)21-16-24(28(30,31)32)34-37(21)20-7-5-4-6-19(20)29;24-16-3-1-2-4-17(16)32-18(13-21(30-32)23(25,26)27)20-7-6-19(33-20)15-5-8-22(29-14-15)31-11-9-28-10-12-31/h4-11,16-17H,12-15H2,1-3H3;1-8,13-14,28H,9-12H2. The van der Waals surface area contributed by atoms with Crippen molar-refractivity contribution < 1.29 is 35.9 Å². The fourth-order valence-corrected chi connectivity index (χ4v) is 10.5. The molecule has 0 spiro atoms. The Morgan fingerprint density at radius 3 is 1.40 bits per heavy atom. The van der Waals surface area contributed by atoms with Gasteiger partial charge in [0, 0.05) is 85.6 Å². The van der Waals surface area contributed by atoms with E-state index in [0.717, 1.165) is 70.8 Å². The van der Waals surface area contributed by atoms with Crippen molar-refractivity contribution in [1.82, 2.24) is 39.7 Å². The number of amides is 1. The smallest absolute Gasteiger partial charge is 0.435 e. The number of piperazine rings is 2. The van der Waals surface area contributed by atoms with E-state index in [1.54, 1.807) is 78.0 Å². The first-order valence-electron chi connectivity index (χ1n) is 23.0.